The van der Waals surface area contributed by atoms with E-state index in [0.717, 1.165) is 16.1 Å². The molecule has 39 heavy (non-hydrogen) atoms. The third-order valence-electron chi connectivity index (χ3n) is 8.92. The molecule has 4 N–H and O–H groups in total. The fraction of sp³-hybridized carbons (Fsp3) is 0.433. The quantitative estimate of drug-likeness (QED) is 0.341. The van der Waals surface area contributed by atoms with Crippen molar-refractivity contribution in [2.75, 3.05) is 11.9 Å². The number of aliphatic hydroxyl groups is 2. The fourth-order valence-electron chi connectivity index (χ4n) is 6.55. The van der Waals surface area contributed by atoms with Crippen molar-refractivity contribution in [3.05, 3.63) is 82.1 Å². The molecule has 3 aromatic rings. The summed E-state index contributed by atoms with van der Waals surface area (Å²) >= 11 is 1.34. The summed E-state index contributed by atoms with van der Waals surface area (Å²) in [4.78, 5) is 31.8. The maximum Gasteiger partial charge on any atom is 0.257 e. The Bertz CT molecular complexity index is 1370. The first kappa shape index (κ1) is 27.4. The number of thiazole rings is 1. The number of anilines is 1. The first-order valence-corrected chi connectivity index (χ1v) is 14.1. The molecule has 5 atom stereocenters. The summed E-state index contributed by atoms with van der Waals surface area (Å²) in [7, 11) is 0. The standard InChI is InChI=1S/C30H34FN3O4S/c1-29-12-11-24(36)30(2,17-35)23(29)15-22-26(21(29)14-25(37)32-16-18-7-4-3-5-8-18)33-28(39-22)34-27(38)19-9-6-10-20(31)13-19/h3-10,13,21,23-24,35-36H,11-12,14-17H2,1-2H3,(H,32,37)(H,33,34,38)/t21-,23+,24-,29+,30+/m1/s1. The van der Waals surface area contributed by atoms with Crippen molar-refractivity contribution in [1.82, 2.24) is 10.3 Å². The van der Waals surface area contributed by atoms with Crippen LogP contribution in [-0.4, -0.2) is 39.7 Å². The van der Waals surface area contributed by atoms with Crippen LogP contribution in [0.15, 0.2) is 54.6 Å². The lowest BCUT2D eigenvalue weighted by molar-refractivity contribution is -0.144. The second kappa shape index (κ2) is 10.8. The number of fused-ring (bicyclic) bond motifs is 2. The summed E-state index contributed by atoms with van der Waals surface area (Å²) in [6.45, 7) is 4.31. The topological polar surface area (TPSA) is 112 Å². The number of carbonyl (C=O) groups excluding carboxylic acids is 2. The van der Waals surface area contributed by atoms with Crippen molar-refractivity contribution < 1.29 is 24.2 Å². The summed E-state index contributed by atoms with van der Waals surface area (Å²) in [6.07, 6.45) is 1.33. The Labute approximate surface area is 231 Å². The zero-order chi connectivity index (χ0) is 27.8. The zero-order valence-electron chi connectivity index (χ0n) is 22.1. The molecule has 0 spiro atoms. The highest BCUT2D eigenvalue weighted by atomic mass is 32.1. The van der Waals surface area contributed by atoms with Gasteiger partial charge in [-0.3, -0.25) is 14.9 Å². The van der Waals surface area contributed by atoms with Crippen LogP contribution < -0.4 is 10.6 Å². The maximum absolute atomic E-state index is 13.7. The van der Waals surface area contributed by atoms with E-state index in [4.69, 9.17) is 4.98 Å². The number of aromatic nitrogens is 1. The summed E-state index contributed by atoms with van der Waals surface area (Å²) in [6, 6.07) is 15.2. The minimum absolute atomic E-state index is 0.0922. The predicted molar refractivity (Wildman–Crippen MR) is 148 cm³/mol. The molecule has 2 aromatic carbocycles. The molecule has 0 aliphatic heterocycles. The van der Waals surface area contributed by atoms with Gasteiger partial charge >= 0.3 is 0 Å². The molecule has 2 aliphatic carbocycles. The van der Waals surface area contributed by atoms with Crippen molar-refractivity contribution in [2.24, 2.45) is 16.7 Å². The van der Waals surface area contributed by atoms with Gasteiger partial charge in [0.05, 0.1) is 18.4 Å². The molecule has 1 heterocycles. The van der Waals surface area contributed by atoms with E-state index >= 15 is 0 Å². The number of benzene rings is 2. The van der Waals surface area contributed by atoms with Gasteiger partial charge in [0.25, 0.3) is 5.91 Å². The van der Waals surface area contributed by atoms with Crippen LogP contribution in [0.2, 0.25) is 0 Å². The van der Waals surface area contributed by atoms with Crippen LogP contribution >= 0.6 is 11.3 Å². The Morgan fingerprint density at radius 3 is 2.64 bits per heavy atom. The SMILES string of the molecule is C[C@]1(CO)[C@H]2Cc3sc(NC(=O)c4cccc(F)c4)nc3[C@@H](CC(=O)NCc3ccccc3)[C@]2(C)CC[C@H]1O. The molecule has 206 valence electrons. The van der Waals surface area contributed by atoms with Crippen LogP contribution in [0.4, 0.5) is 9.52 Å². The second-order valence-corrected chi connectivity index (χ2v) is 12.4. The summed E-state index contributed by atoms with van der Waals surface area (Å²) in [5, 5.41) is 27.6. The summed E-state index contributed by atoms with van der Waals surface area (Å²) < 4.78 is 13.7. The van der Waals surface area contributed by atoms with E-state index in [2.05, 4.69) is 17.6 Å². The third kappa shape index (κ3) is 5.23. The lowest BCUT2D eigenvalue weighted by atomic mass is 9.47. The fourth-order valence-corrected chi connectivity index (χ4v) is 7.62. The van der Waals surface area contributed by atoms with E-state index in [1.54, 1.807) is 0 Å². The van der Waals surface area contributed by atoms with Crippen LogP contribution in [0.25, 0.3) is 0 Å². The number of hydrogen-bond donors (Lipinski definition) is 4. The molecule has 9 heteroatoms. The average Bonchev–Trinajstić information content (AvgIpc) is 3.33. The number of nitrogens with one attached hydrogen (secondary N) is 2. The highest BCUT2D eigenvalue weighted by molar-refractivity contribution is 7.15. The Kier molecular flexibility index (Phi) is 7.59. The van der Waals surface area contributed by atoms with Crippen molar-refractivity contribution in [3.8, 4) is 0 Å². The molecule has 1 saturated carbocycles. The second-order valence-electron chi connectivity index (χ2n) is 11.3. The van der Waals surface area contributed by atoms with Gasteiger partial charge in [-0.05, 0) is 54.4 Å². The van der Waals surface area contributed by atoms with E-state index in [1.165, 1.54) is 35.6 Å². The predicted octanol–water partition coefficient (Wildman–Crippen LogP) is 4.66. The minimum Gasteiger partial charge on any atom is -0.396 e. The molecular formula is C30H34FN3O4S. The van der Waals surface area contributed by atoms with Crippen LogP contribution in [0, 0.1) is 22.6 Å². The summed E-state index contributed by atoms with van der Waals surface area (Å²) in [5.41, 5.74) is 0.838. The number of carbonyl (C=O) groups is 2. The van der Waals surface area contributed by atoms with Gasteiger partial charge in [0.2, 0.25) is 5.91 Å². The van der Waals surface area contributed by atoms with Gasteiger partial charge in [0.1, 0.15) is 5.82 Å². The zero-order valence-corrected chi connectivity index (χ0v) is 22.9. The monoisotopic (exact) mass is 551 g/mol. The van der Waals surface area contributed by atoms with Gasteiger partial charge in [-0.2, -0.15) is 0 Å². The van der Waals surface area contributed by atoms with Crippen molar-refractivity contribution >= 4 is 28.3 Å². The van der Waals surface area contributed by atoms with Crippen LogP contribution in [-0.2, 0) is 17.8 Å². The van der Waals surface area contributed by atoms with Crippen molar-refractivity contribution in [2.45, 2.75) is 58.1 Å². The van der Waals surface area contributed by atoms with E-state index in [9.17, 15) is 24.2 Å². The van der Waals surface area contributed by atoms with E-state index in [1.807, 2.05) is 37.3 Å². The number of nitrogens with zero attached hydrogens (tertiary/aromatic N) is 1. The van der Waals surface area contributed by atoms with Crippen LogP contribution in [0.1, 0.15) is 65.5 Å². The first-order valence-electron chi connectivity index (χ1n) is 13.3. The van der Waals surface area contributed by atoms with Gasteiger partial charge in [-0.25, -0.2) is 9.37 Å². The maximum atomic E-state index is 13.7. The van der Waals surface area contributed by atoms with E-state index in [0.29, 0.717) is 30.9 Å². The number of hydrogen-bond acceptors (Lipinski definition) is 6. The molecule has 0 bridgehead atoms. The lowest BCUT2D eigenvalue weighted by Crippen LogP contribution is -2.57. The molecular weight excluding hydrogens is 517 g/mol. The van der Waals surface area contributed by atoms with Gasteiger partial charge in [0.15, 0.2) is 5.13 Å². The van der Waals surface area contributed by atoms with Crippen LogP contribution in [0.5, 0.6) is 0 Å². The number of rotatable bonds is 7. The third-order valence-corrected chi connectivity index (χ3v) is 9.93. The number of halogens is 1. The summed E-state index contributed by atoms with van der Waals surface area (Å²) in [5.74, 6) is -1.42. The number of amides is 2. The normalized spacial score (nSPS) is 27.8. The largest absolute Gasteiger partial charge is 0.396 e. The minimum atomic E-state index is -0.738. The van der Waals surface area contributed by atoms with E-state index in [-0.39, 0.29) is 36.3 Å². The van der Waals surface area contributed by atoms with Gasteiger partial charge in [-0.15, -0.1) is 11.3 Å². The highest BCUT2D eigenvalue weighted by Gasteiger charge is 2.59. The van der Waals surface area contributed by atoms with Gasteiger partial charge in [0, 0.05) is 34.7 Å². The van der Waals surface area contributed by atoms with Gasteiger partial charge < -0.3 is 15.5 Å². The Morgan fingerprint density at radius 1 is 1.15 bits per heavy atom. The molecule has 2 amide bonds. The smallest absolute Gasteiger partial charge is 0.257 e. The Hall–Kier alpha value is -3.14. The van der Waals surface area contributed by atoms with Gasteiger partial charge in [-0.1, -0.05) is 50.2 Å². The van der Waals surface area contributed by atoms with Crippen molar-refractivity contribution in [3.63, 3.8) is 0 Å². The molecule has 0 unspecified atom stereocenters. The number of aliphatic hydroxyl groups excluding tert-OH is 2. The van der Waals surface area contributed by atoms with Crippen molar-refractivity contribution in [1.29, 1.82) is 0 Å². The molecule has 0 radical (unpaired) electrons. The first-order chi connectivity index (χ1) is 18.6. The molecule has 2 aliphatic rings. The lowest BCUT2D eigenvalue weighted by Gasteiger charge is -2.58. The molecule has 5 rings (SSSR count). The average molecular weight is 552 g/mol. The molecule has 0 saturated heterocycles. The van der Waals surface area contributed by atoms with E-state index < -0.39 is 28.7 Å². The van der Waals surface area contributed by atoms with Crippen LogP contribution in [0.3, 0.4) is 0 Å². The Balaban J connectivity index is 1.45. The Morgan fingerprint density at radius 2 is 1.92 bits per heavy atom. The molecule has 1 aromatic heterocycles. The molecule has 1 fully saturated rings. The highest BCUT2D eigenvalue weighted by Crippen LogP contribution is 2.62. The molecule has 7 nitrogen and oxygen atoms in total.